The predicted molar refractivity (Wildman–Crippen MR) is 74.0 cm³/mol. The molecule has 0 spiro atoms. The summed E-state index contributed by atoms with van der Waals surface area (Å²) in [6.07, 6.45) is -3.39. The molecule has 1 fully saturated rings. The van der Waals surface area contributed by atoms with Crippen LogP contribution >= 0.6 is 7.82 Å². The Balaban J connectivity index is 1.99. The van der Waals surface area contributed by atoms with Gasteiger partial charge >= 0.3 is 7.82 Å². The van der Waals surface area contributed by atoms with Crippen molar-refractivity contribution in [2.24, 2.45) is 0 Å². The van der Waals surface area contributed by atoms with E-state index >= 15 is 0 Å². The Kier molecular flexibility index (Phi) is 3.88. The van der Waals surface area contributed by atoms with E-state index in [2.05, 4.69) is 29.0 Å². The molecule has 6 N–H and O–H groups in total. The lowest BCUT2D eigenvalue weighted by Gasteiger charge is -2.32. The van der Waals surface area contributed by atoms with E-state index in [0.29, 0.717) is 0 Å². The molecule has 3 rings (SSSR count). The molecule has 4 atom stereocenters. The van der Waals surface area contributed by atoms with Crippen LogP contribution in [-0.2, 0) is 13.6 Å². The molecule has 1 aliphatic rings. The summed E-state index contributed by atoms with van der Waals surface area (Å²) in [5.74, 6) is -0.144. The average Bonchev–Trinajstić information content (AvgIpc) is 2.48. The van der Waals surface area contributed by atoms with Gasteiger partial charge in [0.15, 0.2) is 11.2 Å². The van der Waals surface area contributed by atoms with E-state index in [-0.39, 0.29) is 22.8 Å². The number of phosphoric ester groups is 1. The zero-order valence-corrected chi connectivity index (χ0v) is 12.3. The fraction of sp³-hybridized carbons (Fsp3) is 0.400. The molecule has 13 heteroatoms. The molecule has 2 aromatic rings. The lowest BCUT2D eigenvalue weighted by atomic mass is 10.1. The number of aromatic nitrogens is 4. The number of rotatable bonds is 2. The van der Waals surface area contributed by atoms with Crippen LogP contribution in [0.5, 0.6) is 0 Å². The van der Waals surface area contributed by atoms with Crippen molar-refractivity contribution in [1.29, 1.82) is 0 Å². The Morgan fingerprint density at radius 3 is 2.96 bits per heavy atom. The molecule has 1 saturated heterocycles. The summed E-state index contributed by atoms with van der Waals surface area (Å²) in [6, 6.07) is 0. The van der Waals surface area contributed by atoms with Gasteiger partial charge in [-0.3, -0.25) is 18.8 Å². The highest BCUT2D eigenvalue weighted by atomic mass is 31.2. The Labute approximate surface area is 127 Å². The van der Waals surface area contributed by atoms with Crippen LogP contribution in [0.3, 0.4) is 0 Å². The second-order valence-electron chi connectivity index (χ2n) is 4.76. The summed E-state index contributed by atoms with van der Waals surface area (Å²) < 4.78 is 20.5. The summed E-state index contributed by atoms with van der Waals surface area (Å²) in [7, 11) is -4.38. The number of nitrogens with zero attached hydrogens (tertiary/aromatic N) is 3. The molecule has 0 saturated carbocycles. The highest BCUT2D eigenvalue weighted by Crippen LogP contribution is 2.50. The molecule has 0 amide bonds. The Hall–Kier alpha value is -1.95. The summed E-state index contributed by atoms with van der Waals surface area (Å²) in [5.41, 5.74) is 4.33. The fourth-order valence-corrected chi connectivity index (χ4v) is 3.01. The van der Waals surface area contributed by atoms with Crippen molar-refractivity contribution in [3.05, 3.63) is 22.2 Å². The molecule has 0 bridgehead atoms. The van der Waals surface area contributed by atoms with Gasteiger partial charge in [-0.15, -0.1) is 0 Å². The number of nitrogens with one attached hydrogen (secondary N) is 1. The second kappa shape index (κ2) is 5.60. The molecule has 1 aliphatic heterocycles. The third-order valence-corrected chi connectivity index (χ3v) is 4.10. The monoisotopic (exact) mass is 345 g/mol. The molecule has 0 radical (unpaired) electrons. The van der Waals surface area contributed by atoms with Crippen LogP contribution in [-0.4, -0.2) is 53.9 Å². The number of fused-ring (bicyclic) bond motifs is 1. The minimum Gasteiger partial charge on any atom is -0.388 e. The maximum Gasteiger partial charge on any atom is 0.472 e. The Morgan fingerprint density at radius 2 is 2.22 bits per heavy atom. The van der Waals surface area contributed by atoms with E-state index < -0.39 is 38.3 Å². The van der Waals surface area contributed by atoms with Gasteiger partial charge in [0.25, 0.3) is 5.56 Å². The molecule has 0 aromatic carbocycles. The van der Waals surface area contributed by atoms with Crippen molar-refractivity contribution >= 4 is 24.9 Å². The van der Waals surface area contributed by atoms with Gasteiger partial charge in [-0.2, -0.15) is 4.98 Å². The van der Waals surface area contributed by atoms with E-state index in [9.17, 15) is 24.5 Å². The van der Waals surface area contributed by atoms with Crippen molar-refractivity contribution in [3.8, 4) is 0 Å². The first-order valence-corrected chi connectivity index (χ1v) is 7.81. The minimum atomic E-state index is -4.38. The van der Waals surface area contributed by atoms with Gasteiger partial charge in [0, 0.05) is 0 Å². The van der Waals surface area contributed by atoms with E-state index in [1.807, 2.05) is 0 Å². The number of phosphoric acid groups is 1. The van der Waals surface area contributed by atoms with Crippen molar-refractivity contribution < 1.29 is 28.7 Å². The molecular formula is C10H12N5O7P. The van der Waals surface area contributed by atoms with Crippen molar-refractivity contribution in [2.45, 2.75) is 18.3 Å². The molecule has 124 valence electrons. The van der Waals surface area contributed by atoms with E-state index in [0.717, 1.165) is 6.20 Å². The lowest BCUT2D eigenvalue weighted by Crippen LogP contribution is -2.41. The number of H-pyrrole nitrogens is 1. The van der Waals surface area contributed by atoms with Crippen LogP contribution in [0, 0.1) is 0 Å². The largest absolute Gasteiger partial charge is 0.472 e. The standard InChI is InChI=1S/C10H12N5O7P/c11-10-14-8-5(9(18)15-10)13-3(1-12-8)6(17)7-4(16)2-21-23(19,20)22-7/h1,4,6-7,16-17H,2H2,(H,19,20)(H3,11,12,14,15,18)/t4-,6+,7+/m1/s1. The minimum absolute atomic E-state index is 0.0384. The SMILES string of the molecule is Nc1nc2ncc([C@H](O)[C@H]3OP(=O)(O)OC[C@H]3O)nc2c(=O)[nH]1. The number of nitrogens with two attached hydrogens (primary N) is 1. The maximum atomic E-state index is 11.8. The van der Waals surface area contributed by atoms with Crippen LogP contribution in [0.4, 0.5) is 5.95 Å². The summed E-state index contributed by atoms with van der Waals surface area (Å²) >= 11 is 0. The maximum absolute atomic E-state index is 11.8. The third kappa shape index (κ3) is 3.08. The first-order chi connectivity index (χ1) is 10.8. The summed E-state index contributed by atoms with van der Waals surface area (Å²) in [4.78, 5) is 34.8. The van der Waals surface area contributed by atoms with Crippen molar-refractivity contribution in [2.75, 3.05) is 12.3 Å². The number of anilines is 1. The highest BCUT2D eigenvalue weighted by Gasteiger charge is 2.42. The Morgan fingerprint density at radius 1 is 1.48 bits per heavy atom. The molecule has 2 aromatic heterocycles. The number of nitrogen functional groups attached to an aromatic ring is 1. The van der Waals surface area contributed by atoms with E-state index in [1.54, 1.807) is 0 Å². The smallest absolute Gasteiger partial charge is 0.388 e. The number of aromatic amines is 1. The van der Waals surface area contributed by atoms with Gasteiger partial charge in [-0.1, -0.05) is 0 Å². The third-order valence-electron chi connectivity index (χ3n) is 3.11. The molecule has 1 unspecified atom stereocenters. The van der Waals surface area contributed by atoms with Crippen LogP contribution in [0.1, 0.15) is 11.8 Å². The van der Waals surface area contributed by atoms with Gasteiger partial charge in [-0.05, 0) is 0 Å². The van der Waals surface area contributed by atoms with Crippen molar-refractivity contribution in [1.82, 2.24) is 19.9 Å². The van der Waals surface area contributed by atoms with E-state index in [4.69, 9.17) is 5.73 Å². The zero-order valence-electron chi connectivity index (χ0n) is 11.4. The molecule has 12 nitrogen and oxygen atoms in total. The van der Waals surface area contributed by atoms with Gasteiger partial charge in [0.1, 0.15) is 18.3 Å². The number of hydrogen-bond donors (Lipinski definition) is 5. The first kappa shape index (κ1) is 15.9. The van der Waals surface area contributed by atoms with Crippen molar-refractivity contribution in [3.63, 3.8) is 0 Å². The van der Waals surface area contributed by atoms with Gasteiger partial charge in [-0.25, -0.2) is 14.5 Å². The van der Waals surface area contributed by atoms with Crippen LogP contribution in [0.15, 0.2) is 11.0 Å². The summed E-state index contributed by atoms with van der Waals surface area (Å²) in [5, 5.41) is 20.0. The number of aliphatic hydroxyl groups excluding tert-OH is 2. The summed E-state index contributed by atoms with van der Waals surface area (Å²) in [6.45, 7) is -0.505. The fourth-order valence-electron chi connectivity index (χ4n) is 2.05. The first-order valence-electron chi connectivity index (χ1n) is 6.31. The number of hydrogen-bond acceptors (Lipinski definition) is 10. The van der Waals surface area contributed by atoms with Crippen LogP contribution in [0.2, 0.25) is 0 Å². The normalized spacial score (nSPS) is 29.5. The highest BCUT2D eigenvalue weighted by molar-refractivity contribution is 7.47. The van der Waals surface area contributed by atoms with Crippen LogP contribution in [0.25, 0.3) is 11.2 Å². The lowest BCUT2D eigenvalue weighted by molar-refractivity contribution is -0.105. The quantitative estimate of drug-likeness (QED) is 0.385. The second-order valence-corrected chi connectivity index (χ2v) is 6.17. The van der Waals surface area contributed by atoms with Gasteiger partial charge in [0.2, 0.25) is 5.95 Å². The van der Waals surface area contributed by atoms with Gasteiger partial charge < -0.3 is 20.8 Å². The Bertz CT molecular complexity index is 857. The molecular weight excluding hydrogens is 333 g/mol. The van der Waals surface area contributed by atoms with E-state index in [1.165, 1.54) is 0 Å². The zero-order chi connectivity index (χ0) is 16.8. The average molecular weight is 345 g/mol. The van der Waals surface area contributed by atoms with Crippen LogP contribution < -0.4 is 11.3 Å². The molecule has 23 heavy (non-hydrogen) atoms. The molecule has 0 aliphatic carbocycles. The topological polar surface area (TPSA) is 194 Å². The predicted octanol–water partition coefficient (Wildman–Crippen LogP) is -1.79. The van der Waals surface area contributed by atoms with Gasteiger partial charge in [0.05, 0.1) is 18.5 Å². The molecule has 3 heterocycles. The number of aliphatic hydroxyl groups is 2.